The molecule has 1 heterocycles. The van der Waals surface area contributed by atoms with Crippen molar-refractivity contribution in [3.05, 3.63) is 65.9 Å². The molecule has 2 aromatic carbocycles. The third kappa shape index (κ3) is 4.90. The number of ketones is 1. The summed E-state index contributed by atoms with van der Waals surface area (Å²) in [6, 6.07) is 14.2. The van der Waals surface area contributed by atoms with E-state index < -0.39 is 12.1 Å². The molecule has 1 amide bonds. The molecule has 0 radical (unpaired) electrons. The highest BCUT2D eigenvalue weighted by atomic mass is 16.5. The Kier molecular flexibility index (Phi) is 6.12. The number of aromatic amines is 1. The molecule has 29 heavy (non-hydrogen) atoms. The maximum Gasteiger partial charge on any atom is 0.311 e. The number of hydrogen-bond donors (Lipinski definition) is 2. The average molecular weight is 392 g/mol. The van der Waals surface area contributed by atoms with Gasteiger partial charge >= 0.3 is 5.97 Å². The Hall–Kier alpha value is -3.41. The highest BCUT2D eigenvalue weighted by molar-refractivity contribution is 6.01. The summed E-state index contributed by atoms with van der Waals surface area (Å²) in [7, 11) is 0. The first-order valence-electron chi connectivity index (χ1n) is 9.54. The number of Topliss-reactive ketones (excluding diaryl/α,β-unsaturated/α-hetero) is 1. The molecule has 150 valence electrons. The van der Waals surface area contributed by atoms with E-state index in [4.69, 9.17) is 4.74 Å². The number of benzene rings is 2. The van der Waals surface area contributed by atoms with E-state index in [2.05, 4.69) is 10.3 Å². The Morgan fingerprint density at radius 1 is 1.00 bits per heavy atom. The smallest absolute Gasteiger partial charge is 0.311 e. The molecular formula is C23H24N2O4. The fourth-order valence-electron chi connectivity index (χ4n) is 2.96. The Labute approximate surface area is 169 Å². The number of rotatable bonds is 7. The second kappa shape index (κ2) is 8.73. The van der Waals surface area contributed by atoms with Gasteiger partial charge in [0.1, 0.15) is 0 Å². The number of H-pyrrole nitrogens is 1. The first kappa shape index (κ1) is 20.3. The van der Waals surface area contributed by atoms with E-state index in [1.807, 2.05) is 24.3 Å². The number of amides is 1. The van der Waals surface area contributed by atoms with Crippen LogP contribution >= 0.6 is 0 Å². The fourth-order valence-corrected chi connectivity index (χ4v) is 2.96. The summed E-state index contributed by atoms with van der Waals surface area (Å²) < 4.78 is 5.34. The zero-order chi connectivity index (χ0) is 21.0. The van der Waals surface area contributed by atoms with Crippen molar-refractivity contribution in [3.8, 4) is 0 Å². The summed E-state index contributed by atoms with van der Waals surface area (Å²) in [4.78, 5) is 39.7. The standard InChI is InChI=1S/C23H24N2O4/c1-14(2)23(28)25-18-10-8-16(9-11-18)22(27)15(3)29-21(26)12-17-13-24-20-7-5-4-6-19(17)20/h4-11,13-15,24H,12H2,1-3H3,(H,25,28). The zero-order valence-corrected chi connectivity index (χ0v) is 16.7. The van der Waals surface area contributed by atoms with Crippen molar-refractivity contribution in [1.82, 2.24) is 4.98 Å². The number of para-hydroxylation sites is 1. The lowest BCUT2D eigenvalue weighted by Crippen LogP contribution is -2.25. The lowest BCUT2D eigenvalue weighted by atomic mass is 10.1. The van der Waals surface area contributed by atoms with Crippen LogP contribution in [0.2, 0.25) is 0 Å². The number of carbonyl (C=O) groups excluding carboxylic acids is 3. The number of fused-ring (bicyclic) bond motifs is 1. The maximum absolute atomic E-state index is 12.6. The minimum atomic E-state index is -0.899. The lowest BCUT2D eigenvalue weighted by molar-refractivity contribution is -0.145. The van der Waals surface area contributed by atoms with Gasteiger partial charge in [0.15, 0.2) is 6.10 Å². The molecule has 0 fully saturated rings. The van der Waals surface area contributed by atoms with E-state index in [-0.39, 0.29) is 24.0 Å². The Morgan fingerprint density at radius 2 is 1.69 bits per heavy atom. The van der Waals surface area contributed by atoms with Gasteiger partial charge in [-0.1, -0.05) is 32.0 Å². The van der Waals surface area contributed by atoms with Crippen LogP contribution in [0.5, 0.6) is 0 Å². The van der Waals surface area contributed by atoms with Crippen LogP contribution in [0.15, 0.2) is 54.7 Å². The molecule has 0 aliphatic rings. The number of nitrogens with one attached hydrogen (secondary N) is 2. The quantitative estimate of drug-likeness (QED) is 0.468. The summed E-state index contributed by atoms with van der Waals surface area (Å²) in [6.45, 7) is 5.17. The van der Waals surface area contributed by atoms with Gasteiger partial charge in [0, 0.05) is 34.3 Å². The summed E-state index contributed by atoms with van der Waals surface area (Å²) in [5.74, 6) is -0.980. The van der Waals surface area contributed by atoms with Gasteiger partial charge in [0.2, 0.25) is 11.7 Å². The summed E-state index contributed by atoms with van der Waals surface area (Å²) >= 11 is 0. The fraction of sp³-hybridized carbons (Fsp3) is 0.261. The van der Waals surface area contributed by atoms with Crippen LogP contribution in [0.4, 0.5) is 5.69 Å². The van der Waals surface area contributed by atoms with Gasteiger partial charge in [-0.05, 0) is 42.8 Å². The van der Waals surface area contributed by atoms with Crippen LogP contribution in [-0.4, -0.2) is 28.7 Å². The van der Waals surface area contributed by atoms with Crippen LogP contribution in [0.3, 0.4) is 0 Å². The monoisotopic (exact) mass is 392 g/mol. The number of carbonyl (C=O) groups is 3. The van der Waals surface area contributed by atoms with Gasteiger partial charge in [-0.3, -0.25) is 14.4 Å². The van der Waals surface area contributed by atoms with Crippen molar-refractivity contribution in [2.24, 2.45) is 5.92 Å². The van der Waals surface area contributed by atoms with Gasteiger partial charge in [-0.25, -0.2) is 0 Å². The number of hydrogen-bond acceptors (Lipinski definition) is 4. The average Bonchev–Trinajstić information content (AvgIpc) is 3.10. The lowest BCUT2D eigenvalue weighted by Gasteiger charge is -2.13. The van der Waals surface area contributed by atoms with E-state index in [1.165, 1.54) is 0 Å². The van der Waals surface area contributed by atoms with E-state index in [0.717, 1.165) is 16.5 Å². The van der Waals surface area contributed by atoms with Crippen molar-refractivity contribution >= 4 is 34.3 Å². The van der Waals surface area contributed by atoms with Crippen molar-refractivity contribution < 1.29 is 19.1 Å². The second-order valence-electron chi connectivity index (χ2n) is 7.25. The minimum absolute atomic E-state index is 0.0851. The molecule has 2 N–H and O–H groups in total. The molecule has 1 unspecified atom stereocenters. The second-order valence-corrected chi connectivity index (χ2v) is 7.25. The SMILES string of the molecule is CC(C)C(=O)Nc1ccc(C(=O)C(C)OC(=O)Cc2c[nH]c3ccccc23)cc1. The molecule has 6 heteroatoms. The molecule has 0 spiro atoms. The molecule has 0 bridgehead atoms. The molecule has 0 saturated carbocycles. The van der Waals surface area contributed by atoms with Crippen LogP contribution in [0.1, 0.15) is 36.7 Å². The van der Waals surface area contributed by atoms with Gasteiger partial charge in [-0.15, -0.1) is 0 Å². The Balaban J connectivity index is 1.59. The zero-order valence-electron chi connectivity index (χ0n) is 16.7. The van der Waals surface area contributed by atoms with E-state index in [1.54, 1.807) is 51.2 Å². The molecule has 3 aromatic rings. The molecule has 0 saturated heterocycles. The topological polar surface area (TPSA) is 88.3 Å². The minimum Gasteiger partial charge on any atom is -0.454 e. The van der Waals surface area contributed by atoms with Crippen molar-refractivity contribution in [3.63, 3.8) is 0 Å². The van der Waals surface area contributed by atoms with Crippen molar-refractivity contribution in [2.75, 3.05) is 5.32 Å². The Bertz CT molecular complexity index is 1030. The molecule has 1 atom stereocenters. The number of anilines is 1. The number of esters is 1. The third-order valence-electron chi connectivity index (χ3n) is 4.65. The first-order chi connectivity index (χ1) is 13.8. The van der Waals surface area contributed by atoms with Crippen LogP contribution in [-0.2, 0) is 20.7 Å². The van der Waals surface area contributed by atoms with Crippen molar-refractivity contribution in [1.29, 1.82) is 0 Å². The Morgan fingerprint density at radius 3 is 2.38 bits per heavy atom. The summed E-state index contributed by atoms with van der Waals surface area (Å²) in [5, 5.41) is 3.73. The van der Waals surface area contributed by atoms with Crippen LogP contribution in [0, 0.1) is 5.92 Å². The van der Waals surface area contributed by atoms with Crippen LogP contribution < -0.4 is 5.32 Å². The summed E-state index contributed by atoms with van der Waals surface area (Å²) in [6.07, 6.45) is 0.966. The molecule has 6 nitrogen and oxygen atoms in total. The van der Waals surface area contributed by atoms with Gasteiger partial charge in [0.25, 0.3) is 0 Å². The van der Waals surface area contributed by atoms with Crippen LogP contribution in [0.25, 0.3) is 10.9 Å². The molecule has 3 rings (SSSR count). The molecule has 0 aliphatic carbocycles. The third-order valence-corrected chi connectivity index (χ3v) is 4.65. The van der Waals surface area contributed by atoms with Gasteiger partial charge < -0.3 is 15.0 Å². The maximum atomic E-state index is 12.6. The molecule has 0 aliphatic heterocycles. The number of ether oxygens (including phenoxy) is 1. The van der Waals surface area contributed by atoms with E-state index in [0.29, 0.717) is 11.3 Å². The highest BCUT2D eigenvalue weighted by Gasteiger charge is 2.20. The first-order valence-corrected chi connectivity index (χ1v) is 9.54. The molecule has 1 aromatic heterocycles. The van der Waals surface area contributed by atoms with E-state index >= 15 is 0 Å². The predicted molar refractivity (Wildman–Crippen MR) is 112 cm³/mol. The number of aromatic nitrogens is 1. The normalized spacial score (nSPS) is 12.0. The predicted octanol–water partition coefficient (Wildman–Crippen LogP) is 4.12. The summed E-state index contributed by atoms with van der Waals surface area (Å²) in [5.41, 5.74) is 2.81. The largest absolute Gasteiger partial charge is 0.454 e. The molecular weight excluding hydrogens is 368 g/mol. The van der Waals surface area contributed by atoms with Gasteiger partial charge in [-0.2, -0.15) is 0 Å². The highest BCUT2D eigenvalue weighted by Crippen LogP contribution is 2.19. The van der Waals surface area contributed by atoms with Crippen molar-refractivity contribution in [2.45, 2.75) is 33.3 Å². The van der Waals surface area contributed by atoms with E-state index in [9.17, 15) is 14.4 Å². The van der Waals surface area contributed by atoms with Gasteiger partial charge in [0.05, 0.1) is 6.42 Å².